The highest BCUT2D eigenvalue weighted by atomic mass is 32.1. The Morgan fingerprint density at radius 2 is 1.83 bits per heavy atom. The predicted octanol–water partition coefficient (Wildman–Crippen LogP) is 3.42. The number of thiocarbonyl (C=S) groups is 1. The zero-order valence-electron chi connectivity index (χ0n) is 16.8. The van der Waals surface area contributed by atoms with E-state index in [4.69, 9.17) is 26.4 Å². The summed E-state index contributed by atoms with van der Waals surface area (Å²) in [6.07, 6.45) is 0. The molecular formula is C22H26N2O4S. The lowest BCUT2D eigenvalue weighted by molar-refractivity contribution is -0.118. The largest absolute Gasteiger partial charge is 0.490 e. The molecule has 0 unspecified atom stereocenters. The highest BCUT2D eigenvalue weighted by Crippen LogP contribution is 2.29. The predicted molar refractivity (Wildman–Crippen MR) is 117 cm³/mol. The minimum atomic E-state index is -0.232. The maximum atomic E-state index is 12.2. The van der Waals surface area contributed by atoms with Gasteiger partial charge in [-0.3, -0.25) is 4.79 Å². The summed E-state index contributed by atoms with van der Waals surface area (Å²) in [5.41, 5.74) is 2.76. The molecule has 0 bridgehead atoms. The number of hydrogen-bond donors (Lipinski definition) is 1. The van der Waals surface area contributed by atoms with Crippen LogP contribution >= 0.6 is 12.2 Å². The summed E-state index contributed by atoms with van der Waals surface area (Å²) in [6, 6.07) is 13.2. The Kier molecular flexibility index (Phi) is 7.43. The van der Waals surface area contributed by atoms with Gasteiger partial charge in [0.05, 0.1) is 19.8 Å². The molecule has 7 heteroatoms. The number of ether oxygens (including phenoxy) is 3. The minimum absolute atomic E-state index is 0.110. The summed E-state index contributed by atoms with van der Waals surface area (Å²) >= 11 is 5.63. The molecule has 1 fully saturated rings. The number of rotatable bonds is 7. The summed E-state index contributed by atoms with van der Waals surface area (Å²) in [7, 11) is 0. The van der Waals surface area contributed by atoms with E-state index in [1.54, 1.807) is 6.07 Å². The third kappa shape index (κ3) is 5.92. The van der Waals surface area contributed by atoms with Crippen LogP contribution in [-0.2, 0) is 9.53 Å². The number of hydrogen-bond acceptors (Lipinski definition) is 5. The van der Waals surface area contributed by atoms with Gasteiger partial charge in [-0.25, -0.2) is 0 Å². The Bertz CT molecular complexity index is 848. The van der Waals surface area contributed by atoms with Gasteiger partial charge in [0.15, 0.2) is 18.1 Å². The molecular weight excluding hydrogens is 388 g/mol. The van der Waals surface area contributed by atoms with Crippen LogP contribution in [-0.4, -0.2) is 55.3 Å². The second kappa shape index (κ2) is 10.2. The van der Waals surface area contributed by atoms with Gasteiger partial charge in [0.25, 0.3) is 5.91 Å². The zero-order chi connectivity index (χ0) is 20.6. The van der Waals surface area contributed by atoms with Crippen LogP contribution in [0.5, 0.6) is 11.5 Å². The van der Waals surface area contributed by atoms with E-state index >= 15 is 0 Å². The molecule has 1 N–H and O–H groups in total. The molecule has 0 aliphatic carbocycles. The van der Waals surface area contributed by atoms with Crippen LogP contribution < -0.4 is 14.8 Å². The number of nitrogens with zero attached hydrogens (tertiary/aromatic N) is 1. The third-order valence-corrected chi connectivity index (χ3v) is 4.98. The highest BCUT2D eigenvalue weighted by Gasteiger charge is 2.17. The average Bonchev–Trinajstić information content (AvgIpc) is 2.75. The van der Waals surface area contributed by atoms with E-state index in [1.807, 2.05) is 50.2 Å². The first-order chi connectivity index (χ1) is 14.1. The lowest BCUT2D eigenvalue weighted by Gasteiger charge is -2.29. The first kappa shape index (κ1) is 21.1. The minimum Gasteiger partial charge on any atom is -0.490 e. The molecule has 0 radical (unpaired) electrons. The van der Waals surface area contributed by atoms with Crippen LogP contribution in [0.1, 0.15) is 18.1 Å². The van der Waals surface area contributed by atoms with Crippen molar-refractivity contribution in [2.45, 2.75) is 13.8 Å². The number of nitrogens with one attached hydrogen (secondary N) is 1. The van der Waals surface area contributed by atoms with E-state index in [-0.39, 0.29) is 12.5 Å². The third-order valence-electron chi connectivity index (χ3n) is 4.48. The van der Waals surface area contributed by atoms with Crippen molar-refractivity contribution in [1.82, 2.24) is 4.90 Å². The van der Waals surface area contributed by atoms with Crippen LogP contribution in [0.15, 0.2) is 42.5 Å². The maximum Gasteiger partial charge on any atom is 0.262 e. The van der Waals surface area contributed by atoms with E-state index in [0.717, 1.165) is 34.9 Å². The molecule has 1 amide bonds. The van der Waals surface area contributed by atoms with Crippen molar-refractivity contribution >= 4 is 28.8 Å². The van der Waals surface area contributed by atoms with Crippen molar-refractivity contribution in [2.24, 2.45) is 0 Å². The van der Waals surface area contributed by atoms with Crippen molar-refractivity contribution in [2.75, 3.05) is 44.8 Å². The average molecular weight is 415 g/mol. The highest BCUT2D eigenvalue weighted by molar-refractivity contribution is 7.80. The van der Waals surface area contributed by atoms with Crippen LogP contribution in [0.3, 0.4) is 0 Å². The SMILES string of the molecule is CCOc1cc(C(=S)N2CCOCC2)ccc1OCC(=O)Nc1ccc(C)cc1. The molecule has 1 aliphatic rings. The molecule has 1 saturated heterocycles. The molecule has 0 saturated carbocycles. The van der Waals surface area contributed by atoms with Gasteiger partial charge in [0.1, 0.15) is 4.99 Å². The molecule has 1 heterocycles. The molecule has 154 valence electrons. The number of carbonyl (C=O) groups is 1. The van der Waals surface area contributed by atoms with Crippen molar-refractivity contribution in [3.05, 3.63) is 53.6 Å². The van der Waals surface area contributed by atoms with Gasteiger partial charge in [-0.15, -0.1) is 0 Å². The van der Waals surface area contributed by atoms with E-state index in [9.17, 15) is 4.79 Å². The molecule has 3 rings (SSSR count). The topological polar surface area (TPSA) is 60.0 Å². The number of morpholine rings is 1. The van der Waals surface area contributed by atoms with Gasteiger partial charge in [-0.2, -0.15) is 0 Å². The lowest BCUT2D eigenvalue weighted by atomic mass is 10.1. The molecule has 2 aromatic carbocycles. The van der Waals surface area contributed by atoms with Crippen molar-refractivity contribution in [3.8, 4) is 11.5 Å². The van der Waals surface area contributed by atoms with Crippen LogP contribution in [0.2, 0.25) is 0 Å². The Balaban J connectivity index is 1.64. The first-order valence-electron chi connectivity index (χ1n) is 9.70. The van der Waals surface area contributed by atoms with Gasteiger partial charge in [0, 0.05) is 24.3 Å². The quantitative estimate of drug-likeness (QED) is 0.701. The fraction of sp³-hybridized carbons (Fsp3) is 0.364. The Morgan fingerprint density at radius 3 is 2.52 bits per heavy atom. The van der Waals surface area contributed by atoms with Crippen LogP contribution in [0.25, 0.3) is 0 Å². The van der Waals surface area contributed by atoms with Gasteiger partial charge < -0.3 is 24.4 Å². The van der Waals surface area contributed by atoms with Crippen molar-refractivity contribution in [3.63, 3.8) is 0 Å². The van der Waals surface area contributed by atoms with E-state index in [2.05, 4.69) is 10.2 Å². The molecule has 6 nitrogen and oxygen atoms in total. The fourth-order valence-electron chi connectivity index (χ4n) is 2.95. The Hall–Kier alpha value is -2.64. The standard InChI is InChI=1S/C22H26N2O4S/c1-3-27-20-14-17(22(29)24-10-12-26-13-11-24)6-9-19(20)28-15-21(25)23-18-7-4-16(2)5-8-18/h4-9,14H,3,10-13,15H2,1-2H3,(H,23,25). The maximum absolute atomic E-state index is 12.2. The number of carbonyl (C=O) groups excluding carboxylic acids is 1. The van der Waals surface area contributed by atoms with Crippen molar-refractivity contribution < 1.29 is 19.0 Å². The van der Waals surface area contributed by atoms with Crippen LogP contribution in [0.4, 0.5) is 5.69 Å². The fourth-order valence-corrected chi connectivity index (χ4v) is 3.26. The summed E-state index contributed by atoms with van der Waals surface area (Å²) in [6.45, 7) is 7.19. The number of benzene rings is 2. The summed E-state index contributed by atoms with van der Waals surface area (Å²) in [4.78, 5) is 15.1. The summed E-state index contributed by atoms with van der Waals surface area (Å²) < 4.78 is 16.8. The molecule has 0 atom stereocenters. The van der Waals surface area contributed by atoms with Gasteiger partial charge >= 0.3 is 0 Å². The Labute approximate surface area is 176 Å². The number of aryl methyl sites for hydroxylation is 1. The molecule has 2 aromatic rings. The molecule has 0 spiro atoms. The van der Waals surface area contributed by atoms with Gasteiger partial charge in [0.2, 0.25) is 0 Å². The van der Waals surface area contributed by atoms with Crippen LogP contribution in [0, 0.1) is 6.92 Å². The second-order valence-electron chi connectivity index (χ2n) is 6.70. The van der Waals surface area contributed by atoms with Crippen molar-refractivity contribution in [1.29, 1.82) is 0 Å². The van der Waals surface area contributed by atoms with E-state index < -0.39 is 0 Å². The zero-order valence-corrected chi connectivity index (χ0v) is 17.6. The van der Waals surface area contributed by atoms with E-state index in [0.29, 0.717) is 31.3 Å². The smallest absolute Gasteiger partial charge is 0.262 e. The first-order valence-corrected chi connectivity index (χ1v) is 10.1. The second-order valence-corrected chi connectivity index (χ2v) is 7.09. The monoisotopic (exact) mass is 414 g/mol. The number of anilines is 1. The number of amides is 1. The Morgan fingerprint density at radius 1 is 1.10 bits per heavy atom. The normalized spacial score (nSPS) is 13.7. The van der Waals surface area contributed by atoms with Gasteiger partial charge in [-0.05, 0) is 44.2 Å². The lowest BCUT2D eigenvalue weighted by Crippen LogP contribution is -2.40. The summed E-state index contributed by atoms with van der Waals surface area (Å²) in [5.74, 6) is 0.854. The van der Waals surface area contributed by atoms with Gasteiger partial charge in [-0.1, -0.05) is 29.9 Å². The molecule has 29 heavy (non-hydrogen) atoms. The summed E-state index contributed by atoms with van der Waals surface area (Å²) in [5, 5.41) is 2.82. The molecule has 0 aromatic heterocycles. The molecule has 1 aliphatic heterocycles. The van der Waals surface area contributed by atoms with E-state index in [1.165, 1.54) is 0 Å².